The van der Waals surface area contributed by atoms with E-state index in [4.69, 9.17) is 51.1 Å². The third-order valence-electron chi connectivity index (χ3n) is 5.32. The number of ether oxygens (including phenoxy) is 1. The Hall–Kier alpha value is -2.51. The average molecular weight is 542 g/mol. The van der Waals surface area contributed by atoms with Crippen LogP contribution in [0.5, 0.6) is 11.5 Å². The van der Waals surface area contributed by atoms with Gasteiger partial charge in [-0.25, -0.2) is 9.18 Å². The lowest BCUT2D eigenvalue weighted by Crippen LogP contribution is -2.35. The number of carbonyl (C=O) groups excluding carboxylic acids is 2. The number of hydrogen-bond acceptors (Lipinski definition) is 3. The van der Waals surface area contributed by atoms with Crippen LogP contribution in [0, 0.1) is 5.82 Å². The predicted molar refractivity (Wildman–Crippen MR) is 133 cm³/mol. The number of amides is 3. The number of nitrogens with one attached hydrogen (secondary N) is 2. The molecule has 3 aromatic carbocycles. The number of halogens is 5. The van der Waals surface area contributed by atoms with E-state index < -0.39 is 23.3 Å². The molecule has 1 aliphatic carbocycles. The topological polar surface area (TPSA) is 67.4 Å². The molecule has 0 saturated carbocycles. The normalized spacial score (nSPS) is 12.6. The second-order valence-corrected chi connectivity index (χ2v) is 9.21. The molecule has 3 aromatic rings. The Labute approximate surface area is 215 Å². The van der Waals surface area contributed by atoms with Gasteiger partial charge < -0.3 is 10.1 Å². The Kier molecular flexibility index (Phi) is 7.53. The van der Waals surface area contributed by atoms with Gasteiger partial charge in [0.05, 0.1) is 20.6 Å². The number of carbonyl (C=O) groups is 2. The fraction of sp³-hybridized carbons (Fsp3) is 0.167. The van der Waals surface area contributed by atoms with Crippen LogP contribution >= 0.6 is 46.4 Å². The Morgan fingerprint density at radius 2 is 1.53 bits per heavy atom. The summed E-state index contributed by atoms with van der Waals surface area (Å²) < 4.78 is 19.9. The van der Waals surface area contributed by atoms with E-state index in [0.29, 0.717) is 10.8 Å². The highest BCUT2D eigenvalue weighted by Gasteiger charge is 2.21. The molecule has 34 heavy (non-hydrogen) atoms. The number of hydrogen-bond donors (Lipinski definition) is 2. The molecular formula is C24H17Cl4FN2O3. The Morgan fingerprint density at radius 1 is 0.853 bits per heavy atom. The summed E-state index contributed by atoms with van der Waals surface area (Å²) in [4.78, 5) is 24.5. The van der Waals surface area contributed by atoms with E-state index in [1.165, 1.54) is 24.3 Å². The average Bonchev–Trinajstić information content (AvgIpc) is 2.77. The molecule has 176 valence electrons. The number of rotatable bonds is 4. The fourth-order valence-corrected chi connectivity index (χ4v) is 4.85. The number of anilines is 1. The third kappa shape index (κ3) is 5.26. The monoisotopic (exact) mass is 540 g/mol. The van der Waals surface area contributed by atoms with Gasteiger partial charge >= 0.3 is 6.03 Å². The molecule has 0 heterocycles. The quantitative estimate of drug-likeness (QED) is 0.351. The first-order valence-corrected chi connectivity index (χ1v) is 11.8. The summed E-state index contributed by atoms with van der Waals surface area (Å²) in [6, 6.07) is 9.23. The Balaban J connectivity index is 1.50. The minimum atomic E-state index is -0.995. The molecule has 0 atom stereocenters. The first-order chi connectivity index (χ1) is 16.2. The summed E-state index contributed by atoms with van der Waals surface area (Å²) in [7, 11) is 0. The SMILES string of the molecule is O=C(NC(=O)c1c(F)cccc1Cl)Nc1cc(Cl)c(Oc2ccc(Cl)c3c2CCCC3)c(Cl)c1. The van der Waals surface area contributed by atoms with E-state index in [0.717, 1.165) is 42.9 Å². The Bertz CT molecular complexity index is 1260. The van der Waals surface area contributed by atoms with Crippen LogP contribution in [-0.2, 0) is 12.8 Å². The third-order valence-corrected chi connectivity index (χ3v) is 6.55. The van der Waals surface area contributed by atoms with Crippen molar-refractivity contribution in [3.8, 4) is 11.5 Å². The fourth-order valence-electron chi connectivity index (χ4n) is 3.77. The van der Waals surface area contributed by atoms with Crippen molar-refractivity contribution in [3.05, 3.63) is 85.1 Å². The molecule has 0 saturated heterocycles. The molecule has 3 amide bonds. The van der Waals surface area contributed by atoms with Crippen molar-refractivity contribution < 1.29 is 18.7 Å². The zero-order chi connectivity index (χ0) is 24.4. The van der Waals surface area contributed by atoms with Crippen molar-refractivity contribution in [2.75, 3.05) is 5.32 Å². The van der Waals surface area contributed by atoms with Gasteiger partial charge in [0.1, 0.15) is 11.6 Å². The number of urea groups is 1. The van der Waals surface area contributed by atoms with E-state index in [1.54, 1.807) is 12.1 Å². The summed E-state index contributed by atoms with van der Waals surface area (Å²) in [6.07, 6.45) is 3.80. The van der Waals surface area contributed by atoms with Gasteiger partial charge in [-0.15, -0.1) is 0 Å². The molecule has 2 N–H and O–H groups in total. The van der Waals surface area contributed by atoms with E-state index in [1.807, 2.05) is 5.32 Å². The second-order valence-electron chi connectivity index (χ2n) is 7.59. The van der Waals surface area contributed by atoms with Gasteiger partial charge in [0.15, 0.2) is 5.75 Å². The van der Waals surface area contributed by atoms with Crippen LogP contribution in [0.4, 0.5) is 14.9 Å². The summed E-state index contributed by atoms with van der Waals surface area (Å²) in [6.45, 7) is 0. The smallest absolute Gasteiger partial charge is 0.326 e. The van der Waals surface area contributed by atoms with Gasteiger partial charge in [-0.05, 0) is 73.2 Å². The lowest BCUT2D eigenvalue weighted by Gasteiger charge is -2.21. The van der Waals surface area contributed by atoms with E-state index in [9.17, 15) is 14.0 Å². The summed E-state index contributed by atoms with van der Waals surface area (Å²) in [5.74, 6) is -1.01. The summed E-state index contributed by atoms with van der Waals surface area (Å²) in [5, 5.41) is 5.32. The first kappa shape index (κ1) is 24.6. The molecule has 0 fully saturated rings. The van der Waals surface area contributed by atoms with Crippen molar-refractivity contribution in [3.63, 3.8) is 0 Å². The summed E-state index contributed by atoms with van der Waals surface area (Å²) >= 11 is 25.0. The lowest BCUT2D eigenvalue weighted by atomic mass is 9.91. The van der Waals surface area contributed by atoms with Gasteiger partial charge in [-0.1, -0.05) is 52.5 Å². The van der Waals surface area contributed by atoms with E-state index in [2.05, 4.69) is 5.32 Å². The molecule has 0 radical (unpaired) electrons. The van der Waals surface area contributed by atoms with Crippen LogP contribution in [0.3, 0.4) is 0 Å². The van der Waals surface area contributed by atoms with Gasteiger partial charge in [-0.2, -0.15) is 0 Å². The number of imide groups is 1. The van der Waals surface area contributed by atoms with Crippen molar-refractivity contribution in [1.29, 1.82) is 0 Å². The van der Waals surface area contributed by atoms with Crippen LogP contribution in [-0.4, -0.2) is 11.9 Å². The number of fused-ring (bicyclic) bond motifs is 1. The molecular weight excluding hydrogens is 525 g/mol. The zero-order valence-electron chi connectivity index (χ0n) is 17.5. The molecule has 10 heteroatoms. The van der Waals surface area contributed by atoms with Crippen LogP contribution in [0.1, 0.15) is 34.3 Å². The molecule has 1 aliphatic rings. The van der Waals surface area contributed by atoms with Gasteiger partial charge in [0, 0.05) is 10.7 Å². The van der Waals surface area contributed by atoms with Gasteiger partial charge in [-0.3, -0.25) is 10.1 Å². The molecule has 5 nitrogen and oxygen atoms in total. The Morgan fingerprint density at radius 3 is 2.21 bits per heavy atom. The highest BCUT2D eigenvalue weighted by Crippen LogP contribution is 2.42. The lowest BCUT2D eigenvalue weighted by molar-refractivity contribution is 0.0963. The maximum Gasteiger partial charge on any atom is 0.326 e. The zero-order valence-corrected chi connectivity index (χ0v) is 20.5. The molecule has 4 rings (SSSR count). The maximum atomic E-state index is 13.9. The van der Waals surface area contributed by atoms with Gasteiger partial charge in [0.25, 0.3) is 5.91 Å². The van der Waals surface area contributed by atoms with E-state index >= 15 is 0 Å². The largest absolute Gasteiger partial charge is 0.454 e. The van der Waals surface area contributed by atoms with Crippen molar-refractivity contribution >= 4 is 64.0 Å². The number of benzene rings is 3. The molecule has 0 bridgehead atoms. The molecule has 0 aliphatic heterocycles. The van der Waals surface area contributed by atoms with Crippen molar-refractivity contribution in [1.82, 2.24) is 5.32 Å². The predicted octanol–water partition coefficient (Wildman–Crippen LogP) is 8.07. The van der Waals surface area contributed by atoms with Crippen molar-refractivity contribution in [2.24, 2.45) is 0 Å². The summed E-state index contributed by atoms with van der Waals surface area (Å²) in [5.41, 5.74) is 1.85. The maximum absolute atomic E-state index is 13.9. The first-order valence-electron chi connectivity index (χ1n) is 10.3. The second kappa shape index (κ2) is 10.4. The van der Waals surface area contributed by atoms with Crippen molar-refractivity contribution in [2.45, 2.75) is 25.7 Å². The van der Waals surface area contributed by atoms with Crippen LogP contribution < -0.4 is 15.4 Å². The van der Waals surface area contributed by atoms with Gasteiger partial charge in [0.2, 0.25) is 0 Å². The highest BCUT2D eigenvalue weighted by molar-refractivity contribution is 6.38. The van der Waals surface area contributed by atoms with Crippen LogP contribution in [0.25, 0.3) is 0 Å². The molecule has 0 spiro atoms. The van der Waals surface area contributed by atoms with E-state index in [-0.39, 0.29) is 26.5 Å². The molecule has 0 aromatic heterocycles. The molecule has 0 unspecified atom stereocenters. The van der Waals surface area contributed by atoms with Crippen LogP contribution in [0.15, 0.2) is 42.5 Å². The standard InChI is InChI=1S/C24H17Cl4FN2O3/c25-15-8-9-20(14-5-2-1-4-13(14)15)34-22-17(27)10-12(11-18(22)28)30-24(33)31-23(32)21-16(26)6-3-7-19(21)29/h3,6-11H,1-2,4-5H2,(H2,30,31,32,33). The highest BCUT2D eigenvalue weighted by atomic mass is 35.5. The van der Waals surface area contributed by atoms with Crippen LogP contribution in [0.2, 0.25) is 20.1 Å². The minimum absolute atomic E-state index is 0.123. The minimum Gasteiger partial charge on any atom is -0.454 e.